The molecule has 0 bridgehead atoms. The molecule has 0 heterocycles. The lowest BCUT2D eigenvalue weighted by Gasteiger charge is -2.18. The first-order valence-electron chi connectivity index (χ1n) is 10.4. The molecule has 0 amide bonds. The smallest absolute Gasteiger partial charge is 0.00139 e. The van der Waals surface area contributed by atoms with Gasteiger partial charge in [-0.2, -0.15) is 0 Å². The van der Waals surface area contributed by atoms with Gasteiger partial charge < -0.3 is 0 Å². The minimum Gasteiger partial charge on any atom is -0.0622 e. The molecule has 6 aromatic carbocycles. The zero-order chi connectivity index (χ0) is 19.9. The van der Waals surface area contributed by atoms with Crippen LogP contribution in [0.15, 0.2) is 121 Å². The van der Waals surface area contributed by atoms with Gasteiger partial charge in [0, 0.05) is 0 Å². The Kier molecular flexibility index (Phi) is 3.89. The van der Waals surface area contributed by atoms with Crippen molar-refractivity contribution in [3.05, 3.63) is 121 Å². The van der Waals surface area contributed by atoms with Gasteiger partial charge in [-0.25, -0.2) is 0 Å². The summed E-state index contributed by atoms with van der Waals surface area (Å²) in [4.78, 5) is 0. The molecule has 0 aromatic heterocycles. The molecule has 0 N–H and O–H groups in total. The first-order valence-corrected chi connectivity index (χ1v) is 10.4. The molecule has 6 aromatic rings. The van der Waals surface area contributed by atoms with Gasteiger partial charge in [-0.05, 0) is 66.7 Å². The fourth-order valence-electron chi connectivity index (χ4n) is 4.68. The summed E-state index contributed by atoms with van der Waals surface area (Å²) in [6, 6.07) is 43.8. The van der Waals surface area contributed by atoms with E-state index in [1.807, 2.05) is 0 Å². The van der Waals surface area contributed by atoms with Crippen LogP contribution in [0.1, 0.15) is 0 Å². The molecular formula is C30H20. The van der Waals surface area contributed by atoms with Gasteiger partial charge in [0.2, 0.25) is 0 Å². The fraction of sp³-hybridized carbons (Fsp3) is 0. The van der Waals surface area contributed by atoms with Crippen molar-refractivity contribution in [2.24, 2.45) is 0 Å². The minimum atomic E-state index is 1.25. The van der Waals surface area contributed by atoms with Crippen LogP contribution in [0.4, 0.5) is 0 Å². The van der Waals surface area contributed by atoms with E-state index in [-0.39, 0.29) is 0 Å². The van der Waals surface area contributed by atoms with Crippen LogP contribution in [0.5, 0.6) is 0 Å². The zero-order valence-corrected chi connectivity index (χ0v) is 16.5. The summed E-state index contributed by atoms with van der Waals surface area (Å²) in [5.74, 6) is 0. The van der Waals surface area contributed by atoms with Crippen LogP contribution in [0.2, 0.25) is 0 Å². The SMILES string of the molecule is c1ccc(-c2cc3ccccc3c3c2c(-c2ccccc2)cc2ccccc23)cc1. The van der Waals surface area contributed by atoms with Crippen LogP contribution in [0.25, 0.3) is 54.6 Å². The normalized spacial score (nSPS) is 11.3. The summed E-state index contributed by atoms with van der Waals surface area (Å²) in [7, 11) is 0. The number of benzene rings is 6. The average Bonchev–Trinajstić information content (AvgIpc) is 2.84. The largest absolute Gasteiger partial charge is 0.0622 e. The molecule has 0 atom stereocenters. The standard InChI is InChI=1S/C30H20/c1-3-11-21(12-4-1)27-19-23-15-7-9-17-25(23)29-26-18-10-8-16-24(26)20-28(30(27)29)22-13-5-2-6-14-22/h1-20H. The van der Waals surface area contributed by atoms with E-state index in [9.17, 15) is 0 Å². The maximum Gasteiger partial charge on any atom is -0.00139 e. The molecule has 30 heavy (non-hydrogen) atoms. The Hall–Kier alpha value is -3.90. The molecule has 0 aliphatic carbocycles. The Morgan fingerprint density at radius 2 is 0.733 bits per heavy atom. The van der Waals surface area contributed by atoms with E-state index in [1.54, 1.807) is 0 Å². The van der Waals surface area contributed by atoms with Crippen molar-refractivity contribution >= 4 is 32.3 Å². The lowest BCUT2D eigenvalue weighted by molar-refractivity contribution is 1.65. The molecule has 0 saturated carbocycles. The molecule has 0 heteroatoms. The summed E-state index contributed by atoms with van der Waals surface area (Å²) < 4.78 is 0. The predicted molar refractivity (Wildman–Crippen MR) is 130 cm³/mol. The molecule has 0 spiro atoms. The van der Waals surface area contributed by atoms with Crippen molar-refractivity contribution in [1.82, 2.24) is 0 Å². The van der Waals surface area contributed by atoms with Crippen molar-refractivity contribution < 1.29 is 0 Å². The van der Waals surface area contributed by atoms with Crippen molar-refractivity contribution in [2.75, 3.05) is 0 Å². The van der Waals surface area contributed by atoms with E-state index in [0.717, 1.165) is 0 Å². The van der Waals surface area contributed by atoms with Crippen molar-refractivity contribution in [2.45, 2.75) is 0 Å². The fourth-order valence-corrected chi connectivity index (χ4v) is 4.68. The van der Waals surface area contributed by atoms with Gasteiger partial charge in [0.1, 0.15) is 0 Å². The number of hydrogen-bond acceptors (Lipinski definition) is 0. The summed E-state index contributed by atoms with van der Waals surface area (Å²) >= 11 is 0. The van der Waals surface area contributed by atoms with Crippen LogP contribution in [0, 0.1) is 0 Å². The molecule has 6 rings (SSSR count). The van der Waals surface area contributed by atoms with E-state index in [2.05, 4.69) is 121 Å². The highest BCUT2D eigenvalue weighted by Crippen LogP contribution is 2.44. The van der Waals surface area contributed by atoms with Gasteiger partial charge in [-0.3, -0.25) is 0 Å². The number of fused-ring (bicyclic) bond motifs is 5. The van der Waals surface area contributed by atoms with Crippen molar-refractivity contribution in [3.63, 3.8) is 0 Å². The Bertz CT molecular complexity index is 1400. The molecule has 0 aliphatic heterocycles. The van der Waals surface area contributed by atoms with E-state index in [0.29, 0.717) is 0 Å². The highest BCUT2D eigenvalue weighted by atomic mass is 14.2. The van der Waals surface area contributed by atoms with E-state index in [1.165, 1.54) is 54.6 Å². The van der Waals surface area contributed by atoms with Gasteiger partial charge in [-0.15, -0.1) is 0 Å². The molecule has 0 nitrogen and oxygen atoms in total. The van der Waals surface area contributed by atoms with Crippen LogP contribution >= 0.6 is 0 Å². The maximum absolute atomic E-state index is 2.36. The Morgan fingerprint density at radius 3 is 1.20 bits per heavy atom. The summed E-state index contributed by atoms with van der Waals surface area (Å²) in [5.41, 5.74) is 5.07. The average molecular weight is 380 g/mol. The second kappa shape index (κ2) is 6.86. The Labute approximate surface area is 176 Å². The molecule has 0 unspecified atom stereocenters. The van der Waals surface area contributed by atoms with Gasteiger partial charge in [-0.1, -0.05) is 109 Å². The lowest BCUT2D eigenvalue weighted by Crippen LogP contribution is -1.90. The quantitative estimate of drug-likeness (QED) is 0.264. The molecular weight excluding hydrogens is 360 g/mol. The monoisotopic (exact) mass is 380 g/mol. The molecule has 0 fully saturated rings. The van der Waals surface area contributed by atoms with Crippen LogP contribution in [-0.2, 0) is 0 Å². The molecule has 0 saturated heterocycles. The molecule has 0 aliphatic rings. The first-order chi connectivity index (χ1) is 14.9. The number of rotatable bonds is 2. The van der Waals surface area contributed by atoms with Gasteiger partial charge in [0.15, 0.2) is 0 Å². The van der Waals surface area contributed by atoms with Crippen LogP contribution in [-0.4, -0.2) is 0 Å². The lowest BCUT2D eigenvalue weighted by atomic mass is 9.85. The zero-order valence-electron chi connectivity index (χ0n) is 16.5. The van der Waals surface area contributed by atoms with Crippen molar-refractivity contribution in [3.8, 4) is 22.3 Å². The van der Waals surface area contributed by atoms with Crippen molar-refractivity contribution in [1.29, 1.82) is 0 Å². The predicted octanol–water partition coefficient (Wildman–Crippen LogP) is 8.48. The Morgan fingerprint density at radius 1 is 0.333 bits per heavy atom. The third-order valence-electron chi connectivity index (χ3n) is 6.02. The van der Waals surface area contributed by atoms with Crippen LogP contribution < -0.4 is 0 Å². The van der Waals surface area contributed by atoms with Crippen LogP contribution in [0.3, 0.4) is 0 Å². The van der Waals surface area contributed by atoms with E-state index < -0.39 is 0 Å². The Balaban J connectivity index is 1.92. The highest BCUT2D eigenvalue weighted by molar-refractivity contribution is 6.27. The topological polar surface area (TPSA) is 0 Å². The summed E-state index contributed by atoms with van der Waals surface area (Å²) in [6.07, 6.45) is 0. The second-order valence-corrected chi connectivity index (χ2v) is 7.77. The third kappa shape index (κ3) is 2.62. The summed E-state index contributed by atoms with van der Waals surface area (Å²) in [5, 5.41) is 7.83. The van der Waals surface area contributed by atoms with Gasteiger partial charge in [0.05, 0.1) is 0 Å². The summed E-state index contributed by atoms with van der Waals surface area (Å²) in [6.45, 7) is 0. The molecule has 140 valence electrons. The van der Waals surface area contributed by atoms with Gasteiger partial charge in [0.25, 0.3) is 0 Å². The van der Waals surface area contributed by atoms with E-state index in [4.69, 9.17) is 0 Å². The van der Waals surface area contributed by atoms with E-state index >= 15 is 0 Å². The maximum atomic E-state index is 2.36. The van der Waals surface area contributed by atoms with Gasteiger partial charge >= 0.3 is 0 Å². The molecule has 0 radical (unpaired) electrons. The second-order valence-electron chi connectivity index (χ2n) is 7.77. The number of hydrogen-bond donors (Lipinski definition) is 0. The minimum absolute atomic E-state index is 1.25. The highest BCUT2D eigenvalue weighted by Gasteiger charge is 2.16. The first kappa shape index (κ1) is 17.0. The third-order valence-corrected chi connectivity index (χ3v) is 6.02.